The van der Waals surface area contributed by atoms with Crippen LogP contribution in [0, 0.1) is 0 Å². The van der Waals surface area contributed by atoms with Gasteiger partial charge in [0.2, 0.25) is 0 Å². The summed E-state index contributed by atoms with van der Waals surface area (Å²) in [6, 6.07) is 0. The molecule has 0 radical (unpaired) electrons. The highest BCUT2D eigenvalue weighted by atomic mass is 31.3. The second kappa shape index (κ2) is 3.97. The SMILES string of the molecule is COP1(F)=NP(F)(N(C)C)=NP(F)(F)=N1. The maximum Gasteiger partial charge on any atom is 0.424 e. The molecule has 15 heavy (non-hydrogen) atoms. The second-order valence-electron chi connectivity index (χ2n) is 2.72. The lowest BCUT2D eigenvalue weighted by molar-refractivity contribution is 0.419. The molecule has 90 valence electrons. The molecule has 1 rings (SSSR count). The van der Waals surface area contributed by atoms with Gasteiger partial charge >= 0.3 is 23.2 Å². The number of hydrogen-bond donors (Lipinski definition) is 0. The maximum absolute atomic E-state index is 13.8. The molecule has 1 aliphatic rings. The van der Waals surface area contributed by atoms with Crippen molar-refractivity contribution < 1.29 is 21.3 Å². The van der Waals surface area contributed by atoms with Crippen molar-refractivity contribution in [2.75, 3.05) is 21.2 Å². The van der Waals surface area contributed by atoms with Crippen molar-refractivity contribution in [3.63, 3.8) is 0 Å². The summed E-state index contributed by atoms with van der Waals surface area (Å²) in [4.78, 5) is 0. The van der Waals surface area contributed by atoms with E-state index in [0.29, 0.717) is 0 Å². The highest BCUT2D eigenvalue weighted by Crippen LogP contribution is 2.81. The summed E-state index contributed by atoms with van der Waals surface area (Å²) in [5, 5.41) is 0. The van der Waals surface area contributed by atoms with Gasteiger partial charge in [0.15, 0.2) is 0 Å². The first-order valence-corrected chi connectivity index (χ1v) is 8.08. The fraction of sp³-hybridized carbons (Fsp3) is 1.00. The first-order chi connectivity index (χ1) is 6.63. The Morgan fingerprint density at radius 2 is 1.53 bits per heavy atom. The fourth-order valence-corrected chi connectivity index (χ4v) is 7.24. The Balaban J connectivity index is 3.50. The van der Waals surface area contributed by atoms with E-state index < -0.39 is 23.2 Å². The number of nitrogens with zero attached hydrogens (tertiary/aromatic N) is 4. The predicted octanol–water partition coefficient (Wildman–Crippen LogP) is 4.92. The Morgan fingerprint density at radius 3 is 1.93 bits per heavy atom. The van der Waals surface area contributed by atoms with Crippen LogP contribution >= 0.6 is 23.2 Å². The molecule has 0 fully saturated rings. The second-order valence-corrected chi connectivity index (χ2v) is 8.88. The van der Waals surface area contributed by atoms with Crippen molar-refractivity contribution in [3.05, 3.63) is 0 Å². The highest BCUT2D eigenvalue weighted by molar-refractivity contribution is 7.78. The first kappa shape index (κ1) is 13.4. The van der Waals surface area contributed by atoms with Gasteiger partial charge in [0.1, 0.15) is 0 Å². The van der Waals surface area contributed by atoms with Crippen molar-refractivity contribution in [2.24, 2.45) is 13.5 Å². The van der Waals surface area contributed by atoms with Crippen LogP contribution in [0.3, 0.4) is 0 Å². The molecule has 0 aromatic heterocycles. The van der Waals surface area contributed by atoms with Gasteiger partial charge in [-0.25, -0.2) is 4.67 Å². The van der Waals surface area contributed by atoms with Crippen LogP contribution < -0.4 is 0 Å². The summed E-state index contributed by atoms with van der Waals surface area (Å²) < 4.78 is 66.0. The van der Waals surface area contributed by atoms with Gasteiger partial charge in [0.05, 0.1) is 0 Å². The van der Waals surface area contributed by atoms with Crippen molar-refractivity contribution in [3.8, 4) is 0 Å². The molecule has 0 spiro atoms. The minimum atomic E-state index is -5.31. The fourth-order valence-electron chi connectivity index (χ4n) is 0.697. The number of hydrogen-bond acceptors (Lipinski definition) is 5. The molecule has 0 saturated carbocycles. The molecule has 0 aromatic carbocycles. The Labute approximate surface area is 84.8 Å². The molecule has 2 atom stereocenters. The van der Waals surface area contributed by atoms with E-state index >= 15 is 0 Å². The third kappa shape index (κ3) is 2.92. The van der Waals surface area contributed by atoms with Crippen molar-refractivity contribution in [2.45, 2.75) is 0 Å². The van der Waals surface area contributed by atoms with Crippen LogP contribution in [0.25, 0.3) is 0 Å². The normalized spacial score (nSPS) is 39.2. The van der Waals surface area contributed by atoms with Crippen LogP contribution in [0.1, 0.15) is 0 Å². The molecule has 0 saturated heterocycles. The molecule has 0 aromatic rings. The van der Waals surface area contributed by atoms with E-state index in [0.717, 1.165) is 25.9 Å². The standard InChI is InChI=1S/C3H9F4N4OP3/c1-11(2)14(6)8-13(4,5)9-15(7,10-14)12-3/h1-3H3. The van der Waals surface area contributed by atoms with Crippen LogP contribution in [0.15, 0.2) is 13.5 Å². The first-order valence-electron chi connectivity index (χ1n) is 3.56. The molecular weight excluding hydrogens is 277 g/mol. The summed E-state index contributed by atoms with van der Waals surface area (Å²) in [7, 11) is -11.1. The summed E-state index contributed by atoms with van der Waals surface area (Å²) >= 11 is 0. The molecule has 1 heterocycles. The highest BCUT2D eigenvalue weighted by Gasteiger charge is 2.40. The molecule has 0 amide bonds. The van der Waals surface area contributed by atoms with Crippen LogP contribution in [-0.4, -0.2) is 25.9 Å². The van der Waals surface area contributed by atoms with E-state index in [1.807, 2.05) is 0 Å². The van der Waals surface area contributed by atoms with E-state index in [1.54, 1.807) is 0 Å². The van der Waals surface area contributed by atoms with Crippen LogP contribution in [0.2, 0.25) is 0 Å². The summed E-state index contributed by atoms with van der Waals surface area (Å²) in [5.74, 6) is 0. The minimum absolute atomic E-state index is 0.739. The Kier molecular flexibility index (Phi) is 3.54. The van der Waals surface area contributed by atoms with Crippen molar-refractivity contribution >= 4 is 23.2 Å². The third-order valence-corrected chi connectivity index (χ3v) is 8.20. The monoisotopic (exact) mass is 286 g/mol. The van der Waals surface area contributed by atoms with Gasteiger partial charge < -0.3 is 4.52 Å². The smallest absolute Gasteiger partial charge is 0.307 e. The lowest BCUT2D eigenvalue weighted by Crippen LogP contribution is -2.04. The molecule has 12 heteroatoms. The largest absolute Gasteiger partial charge is 0.424 e. The van der Waals surface area contributed by atoms with E-state index in [1.165, 1.54) is 0 Å². The Bertz CT molecular complexity index is 427. The van der Waals surface area contributed by atoms with E-state index in [2.05, 4.69) is 18.1 Å². The molecule has 1 aliphatic heterocycles. The summed E-state index contributed by atoms with van der Waals surface area (Å²) in [6.07, 6.45) is 0. The molecular formula is C3H9F4N4OP3. The molecule has 2 unspecified atom stereocenters. The average Bonchev–Trinajstić information content (AvgIpc) is 1.99. The zero-order valence-corrected chi connectivity index (χ0v) is 10.7. The van der Waals surface area contributed by atoms with Gasteiger partial charge in [-0.15, -0.1) is 21.9 Å². The van der Waals surface area contributed by atoms with Gasteiger partial charge in [-0.1, -0.05) is 0 Å². The zero-order valence-electron chi connectivity index (χ0n) is 8.05. The van der Waals surface area contributed by atoms with E-state index in [9.17, 15) is 16.8 Å². The van der Waals surface area contributed by atoms with Crippen molar-refractivity contribution in [1.82, 2.24) is 4.67 Å². The van der Waals surface area contributed by atoms with Crippen LogP contribution in [-0.2, 0) is 4.52 Å². The molecule has 0 bridgehead atoms. The number of rotatable bonds is 2. The van der Waals surface area contributed by atoms with Gasteiger partial charge in [0.25, 0.3) is 0 Å². The van der Waals surface area contributed by atoms with E-state index in [-0.39, 0.29) is 0 Å². The van der Waals surface area contributed by atoms with E-state index in [4.69, 9.17) is 0 Å². The third-order valence-electron chi connectivity index (χ3n) is 1.40. The maximum atomic E-state index is 13.8. The quantitative estimate of drug-likeness (QED) is 0.534. The van der Waals surface area contributed by atoms with Gasteiger partial charge in [-0.3, -0.25) is 0 Å². The van der Waals surface area contributed by atoms with Gasteiger partial charge in [0, 0.05) is 7.11 Å². The lowest BCUT2D eigenvalue weighted by atomic mass is 11.3. The summed E-state index contributed by atoms with van der Waals surface area (Å²) in [5.41, 5.74) is 0. The minimum Gasteiger partial charge on any atom is -0.307 e. The number of halogens is 4. The topological polar surface area (TPSA) is 49.5 Å². The summed E-state index contributed by atoms with van der Waals surface area (Å²) in [6.45, 7) is 0. The van der Waals surface area contributed by atoms with Gasteiger partial charge in [-0.2, -0.15) is 8.39 Å². The Hall–Kier alpha value is 0.330. The van der Waals surface area contributed by atoms with Crippen LogP contribution in [0.5, 0.6) is 0 Å². The van der Waals surface area contributed by atoms with Gasteiger partial charge in [-0.05, 0) is 14.1 Å². The van der Waals surface area contributed by atoms with Crippen molar-refractivity contribution in [1.29, 1.82) is 0 Å². The predicted molar refractivity (Wildman–Crippen MR) is 53.2 cm³/mol. The lowest BCUT2D eigenvalue weighted by Gasteiger charge is -2.23. The molecule has 0 aliphatic carbocycles. The molecule has 0 N–H and O–H groups in total. The average molecular weight is 286 g/mol. The zero-order chi connectivity index (χ0) is 11.9. The van der Waals surface area contributed by atoms with Crippen LogP contribution in [0.4, 0.5) is 16.8 Å². The Morgan fingerprint density at radius 1 is 1.00 bits per heavy atom. The molecule has 5 nitrogen and oxygen atoms in total.